The van der Waals surface area contributed by atoms with Gasteiger partial charge in [0, 0.05) is 26.4 Å². The summed E-state index contributed by atoms with van der Waals surface area (Å²) in [6.45, 7) is 4.11. The molecule has 0 saturated heterocycles. The number of rotatable bonds is 18. The predicted octanol–water partition coefficient (Wildman–Crippen LogP) is 9.49. The van der Waals surface area contributed by atoms with Gasteiger partial charge in [0.2, 0.25) is 0 Å². The van der Waals surface area contributed by atoms with Crippen molar-refractivity contribution < 1.29 is 8.42 Å². The lowest BCUT2D eigenvalue weighted by Gasteiger charge is -2.21. The molecule has 0 aromatic heterocycles. The van der Waals surface area contributed by atoms with Crippen molar-refractivity contribution in [3.8, 4) is 0 Å². The summed E-state index contributed by atoms with van der Waals surface area (Å²) in [7, 11) is -2.35. The molecule has 0 aliphatic rings. The molecule has 200 valence electrons. The van der Waals surface area contributed by atoms with Crippen LogP contribution in [0.25, 0.3) is 0 Å². The van der Waals surface area contributed by atoms with E-state index in [1.54, 1.807) is 0 Å². The largest absolute Gasteiger partial charge is 0.254 e. The Hall–Kier alpha value is -0.0600. The zero-order valence-electron chi connectivity index (χ0n) is 21.9. The molecule has 2 rings (SSSR count). The molecule has 2 aromatic carbocycles. The van der Waals surface area contributed by atoms with Gasteiger partial charge in [0.1, 0.15) is 0 Å². The molecule has 36 heavy (non-hydrogen) atoms. The molecule has 2 nitrogen and oxygen atoms in total. The molecule has 6 heteroatoms. The average molecular weight is 753 g/mol. The number of aryl methyl sites for hydroxylation is 2. The maximum atomic E-state index is 13.9. The summed E-state index contributed by atoms with van der Waals surface area (Å²) in [5, 5.41) is 0. The van der Waals surface area contributed by atoms with Gasteiger partial charge in [-0.2, -0.15) is 0 Å². The van der Waals surface area contributed by atoms with E-state index in [1.807, 2.05) is 48.5 Å². The van der Waals surface area contributed by atoms with Gasteiger partial charge >= 0.3 is 0 Å². The van der Waals surface area contributed by atoms with Crippen molar-refractivity contribution in [1.82, 2.24) is 0 Å². The molecule has 0 aliphatic carbocycles. The van der Waals surface area contributed by atoms with E-state index in [9.17, 15) is 8.42 Å². The summed E-state index contributed by atoms with van der Waals surface area (Å²) in [5.74, 6) is 0.594. The van der Waals surface area contributed by atoms with Crippen LogP contribution in [0, 0.1) is 19.8 Å². The molecule has 0 spiro atoms. The van der Waals surface area contributed by atoms with Crippen molar-refractivity contribution in [2.24, 2.45) is 5.92 Å². The Balaban J connectivity index is 2.27. The maximum Gasteiger partial charge on any atom is 0.0808 e. The van der Waals surface area contributed by atoms with Crippen molar-refractivity contribution >= 4 is 66.8 Å². The minimum absolute atomic E-state index is 0.0585. The summed E-state index contributed by atoms with van der Waals surface area (Å²) in [5.41, 5.74) is 2.34. The number of benzene rings is 2. The van der Waals surface area contributed by atoms with Crippen molar-refractivity contribution in [3.63, 3.8) is 0 Å². The van der Waals surface area contributed by atoms with Gasteiger partial charge in [-0.3, -0.25) is 4.21 Å². The van der Waals surface area contributed by atoms with E-state index in [0.717, 1.165) is 40.4 Å². The minimum Gasteiger partial charge on any atom is -0.254 e. The number of hydrogen-bond acceptors (Lipinski definition) is 2. The highest BCUT2D eigenvalue weighted by atomic mass is 127. The third kappa shape index (κ3) is 12.2. The molecule has 0 saturated carbocycles. The molecular weight excluding hydrogens is 710 g/mol. The zero-order chi connectivity index (χ0) is 26.2. The summed E-state index contributed by atoms with van der Waals surface area (Å²) >= 11 is 4.88. The second-order valence-corrected chi connectivity index (χ2v) is 14.6. The lowest BCUT2D eigenvalue weighted by atomic mass is 10.0. The van der Waals surface area contributed by atoms with Gasteiger partial charge in [-0.05, 0) is 79.1 Å². The monoisotopic (exact) mass is 752 g/mol. The summed E-state index contributed by atoms with van der Waals surface area (Å²) < 4.78 is 29.7. The fourth-order valence-corrected chi connectivity index (χ4v) is 8.10. The van der Waals surface area contributed by atoms with Crippen molar-refractivity contribution in [1.29, 1.82) is 0 Å². The maximum absolute atomic E-state index is 13.9. The van der Waals surface area contributed by atoms with Gasteiger partial charge in [-0.25, -0.2) is 4.21 Å². The van der Waals surface area contributed by atoms with E-state index in [4.69, 9.17) is 0 Å². The Morgan fingerprint density at radius 1 is 0.722 bits per heavy atom. The lowest BCUT2D eigenvalue weighted by Crippen LogP contribution is -2.18. The Morgan fingerprint density at radius 2 is 1.22 bits per heavy atom. The molecule has 0 aliphatic heterocycles. The normalized spacial score (nSPS) is 14.5. The van der Waals surface area contributed by atoms with Crippen LogP contribution in [0.4, 0.5) is 0 Å². The first-order valence-electron chi connectivity index (χ1n) is 13.2. The molecule has 0 amide bonds. The van der Waals surface area contributed by atoms with Crippen LogP contribution in [0.1, 0.15) is 75.3 Å². The smallest absolute Gasteiger partial charge is 0.0808 e. The van der Waals surface area contributed by atoms with Gasteiger partial charge in [0.05, 0.1) is 21.6 Å². The first-order chi connectivity index (χ1) is 17.5. The van der Waals surface area contributed by atoms with Crippen LogP contribution in [-0.2, 0) is 21.6 Å². The fourth-order valence-electron chi connectivity index (χ4n) is 4.14. The number of halogens is 2. The number of unbranched alkanes of at least 4 members (excludes halogenated alkanes) is 7. The van der Waals surface area contributed by atoms with Crippen molar-refractivity contribution in [2.75, 3.05) is 14.6 Å². The highest BCUT2D eigenvalue weighted by Crippen LogP contribution is 2.30. The van der Waals surface area contributed by atoms with Crippen LogP contribution in [0.2, 0.25) is 0 Å². The van der Waals surface area contributed by atoms with E-state index in [0.29, 0.717) is 5.75 Å². The molecule has 0 fully saturated rings. The van der Waals surface area contributed by atoms with Gasteiger partial charge in [0.25, 0.3) is 0 Å². The Labute approximate surface area is 252 Å². The molecule has 3 unspecified atom stereocenters. The molecule has 0 radical (unpaired) electrons. The third-order valence-corrected chi connectivity index (χ3v) is 11.0. The second kappa shape index (κ2) is 19.1. The third-order valence-electron chi connectivity index (χ3n) is 6.36. The minimum atomic E-state index is -1.23. The quantitative estimate of drug-likeness (QED) is 0.0865. The van der Waals surface area contributed by atoms with Crippen LogP contribution in [0.5, 0.6) is 0 Å². The molecular formula is C30H42I2O2S2. The van der Waals surface area contributed by atoms with Gasteiger partial charge in [0.15, 0.2) is 0 Å². The molecule has 3 atom stereocenters. The van der Waals surface area contributed by atoms with Crippen LogP contribution < -0.4 is 0 Å². The van der Waals surface area contributed by atoms with Crippen LogP contribution in [0.3, 0.4) is 0 Å². The zero-order valence-corrected chi connectivity index (χ0v) is 27.8. The Bertz CT molecular complexity index is 956. The van der Waals surface area contributed by atoms with Crippen molar-refractivity contribution in [2.45, 2.75) is 87.8 Å². The highest BCUT2D eigenvalue weighted by molar-refractivity contribution is 14.1. The standard InChI is InChI=1S/C30H42I2O2S2/c1-25-14-18-28(19-15-25)35(33)24-27(12-8-5-7-11-23-32)30(13-9-4-3-6-10-22-31)36(34)29-20-16-26(2)17-21-29/h13-21,27H,3-12,22-24H2,1-2H3/b30-13-. The van der Waals surface area contributed by atoms with Crippen LogP contribution >= 0.6 is 45.2 Å². The van der Waals surface area contributed by atoms with Gasteiger partial charge in [-0.1, -0.05) is 119 Å². The van der Waals surface area contributed by atoms with E-state index in [1.165, 1.54) is 58.5 Å². The first kappa shape index (κ1) is 32.2. The number of alkyl halides is 2. The summed E-state index contributed by atoms with van der Waals surface area (Å²) in [6, 6.07) is 16.1. The van der Waals surface area contributed by atoms with E-state index in [-0.39, 0.29) is 5.92 Å². The Morgan fingerprint density at radius 3 is 1.78 bits per heavy atom. The van der Waals surface area contributed by atoms with Gasteiger partial charge < -0.3 is 0 Å². The molecule has 2 aromatic rings. The lowest BCUT2D eigenvalue weighted by molar-refractivity contribution is 0.552. The molecule has 0 bridgehead atoms. The van der Waals surface area contributed by atoms with E-state index >= 15 is 0 Å². The first-order valence-corrected chi connectivity index (χ1v) is 18.7. The van der Waals surface area contributed by atoms with Gasteiger partial charge in [-0.15, -0.1) is 0 Å². The average Bonchev–Trinajstić information content (AvgIpc) is 2.88. The fraction of sp³-hybridized carbons (Fsp3) is 0.533. The van der Waals surface area contributed by atoms with Crippen molar-refractivity contribution in [3.05, 3.63) is 70.6 Å². The van der Waals surface area contributed by atoms with E-state index < -0.39 is 21.6 Å². The topological polar surface area (TPSA) is 34.1 Å². The summed E-state index contributed by atoms with van der Waals surface area (Å²) in [6.07, 6.45) is 13.7. The second-order valence-electron chi connectivity index (χ2n) is 9.49. The van der Waals surface area contributed by atoms with Crippen LogP contribution in [0.15, 0.2) is 69.3 Å². The Kier molecular flexibility index (Phi) is 17.0. The SMILES string of the molecule is Cc1ccc(S(=O)CC(CCCCCCI)/C(=C/CCCCCCI)S(=O)c2ccc(C)cc2)cc1. The molecule has 0 heterocycles. The molecule has 0 N–H and O–H groups in total. The van der Waals surface area contributed by atoms with Crippen LogP contribution in [-0.4, -0.2) is 23.0 Å². The highest BCUT2D eigenvalue weighted by Gasteiger charge is 2.24. The predicted molar refractivity (Wildman–Crippen MR) is 176 cm³/mol. The summed E-state index contributed by atoms with van der Waals surface area (Å²) in [4.78, 5) is 2.71. The number of allylic oxidation sites excluding steroid dienone is 2. The number of hydrogen-bond donors (Lipinski definition) is 0. The van der Waals surface area contributed by atoms with E-state index in [2.05, 4.69) is 65.1 Å².